The van der Waals surface area contributed by atoms with Crippen molar-refractivity contribution in [2.75, 3.05) is 0 Å². The number of aliphatic hydroxyl groups is 1. The van der Waals surface area contributed by atoms with Gasteiger partial charge in [0.1, 0.15) is 0 Å². The van der Waals surface area contributed by atoms with Crippen LogP contribution in [-0.2, 0) is 5.75 Å². The molecule has 0 aliphatic heterocycles. The molecule has 2 rings (SSSR count). The van der Waals surface area contributed by atoms with Crippen LogP contribution in [0, 0.1) is 0 Å². The fraction of sp³-hybridized carbons (Fsp3) is 0.200. The van der Waals surface area contributed by atoms with E-state index in [9.17, 15) is 5.11 Å². The Balaban J connectivity index is 2.04. The van der Waals surface area contributed by atoms with E-state index in [0.29, 0.717) is 5.02 Å². The average molecular weight is 313 g/mol. The number of benzene rings is 2. The molecule has 0 spiro atoms. The molecule has 4 heteroatoms. The summed E-state index contributed by atoms with van der Waals surface area (Å²) in [5.74, 6) is 0.863. The highest BCUT2D eigenvalue weighted by atomic mass is 35.5. The van der Waals surface area contributed by atoms with Gasteiger partial charge in [-0.3, -0.25) is 0 Å². The van der Waals surface area contributed by atoms with Crippen LogP contribution in [0.15, 0.2) is 47.4 Å². The Hall–Kier alpha value is -0.670. The fourth-order valence-corrected chi connectivity index (χ4v) is 3.10. The molecule has 0 heterocycles. The van der Waals surface area contributed by atoms with Crippen LogP contribution < -0.4 is 0 Å². The van der Waals surface area contributed by atoms with Crippen LogP contribution in [0.3, 0.4) is 0 Å². The van der Waals surface area contributed by atoms with Gasteiger partial charge in [0.25, 0.3) is 0 Å². The molecule has 1 unspecified atom stereocenters. The number of aliphatic hydroxyl groups excluding tert-OH is 1. The van der Waals surface area contributed by atoms with Crippen LogP contribution in [-0.4, -0.2) is 5.11 Å². The number of halogens is 2. The smallest absolute Gasteiger partial charge is 0.0776 e. The monoisotopic (exact) mass is 312 g/mol. The lowest BCUT2D eigenvalue weighted by Crippen LogP contribution is -1.92. The Kier molecular flexibility index (Phi) is 5.17. The molecule has 2 aromatic rings. The molecular weight excluding hydrogens is 299 g/mol. The van der Waals surface area contributed by atoms with Gasteiger partial charge in [0.15, 0.2) is 0 Å². The average Bonchev–Trinajstić information content (AvgIpc) is 2.37. The standard InChI is InChI=1S/C15H14Cl2OS/c1-10(18)14-7-6-13(8-15(14)17)19-9-11-2-4-12(16)5-3-11/h2-8,10,18H,9H2,1H3. The Morgan fingerprint density at radius 2 is 1.79 bits per heavy atom. The highest BCUT2D eigenvalue weighted by molar-refractivity contribution is 7.98. The molecule has 1 nitrogen and oxygen atoms in total. The molecule has 1 atom stereocenters. The molecule has 0 aliphatic rings. The van der Waals surface area contributed by atoms with Gasteiger partial charge in [-0.15, -0.1) is 11.8 Å². The number of hydrogen-bond donors (Lipinski definition) is 1. The van der Waals surface area contributed by atoms with Crippen molar-refractivity contribution in [2.45, 2.75) is 23.7 Å². The van der Waals surface area contributed by atoms with E-state index in [2.05, 4.69) is 0 Å². The number of thioether (sulfide) groups is 1. The van der Waals surface area contributed by atoms with Crippen molar-refractivity contribution in [2.24, 2.45) is 0 Å². The molecule has 100 valence electrons. The second-order valence-electron chi connectivity index (χ2n) is 4.27. The lowest BCUT2D eigenvalue weighted by Gasteiger charge is -2.09. The molecule has 1 N–H and O–H groups in total. The van der Waals surface area contributed by atoms with Gasteiger partial charge in [-0.2, -0.15) is 0 Å². The molecule has 0 saturated heterocycles. The van der Waals surface area contributed by atoms with Gasteiger partial charge in [-0.1, -0.05) is 41.4 Å². The number of hydrogen-bond acceptors (Lipinski definition) is 2. The summed E-state index contributed by atoms with van der Waals surface area (Å²) in [5.41, 5.74) is 1.97. The van der Waals surface area contributed by atoms with E-state index in [-0.39, 0.29) is 0 Å². The first-order valence-corrected chi connectivity index (χ1v) is 7.65. The van der Waals surface area contributed by atoms with Crippen LogP contribution >= 0.6 is 35.0 Å². The van der Waals surface area contributed by atoms with Crippen LogP contribution in [0.1, 0.15) is 24.2 Å². The summed E-state index contributed by atoms with van der Waals surface area (Å²) < 4.78 is 0. The van der Waals surface area contributed by atoms with E-state index < -0.39 is 6.10 Å². The molecule has 0 saturated carbocycles. The summed E-state index contributed by atoms with van der Waals surface area (Å²) in [6.45, 7) is 1.71. The summed E-state index contributed by atoms with van der Waals surface area (Å²) >= 11 is 13.7. The fourth-order valence-electron chi connectivity index (χ4n) is 1.68. The summed E-state index contributed by atoms with van der Waals surface area (Å²) in [7, 11) is 0. The third-order valence-corrected chi connectivity index (χ3v) is 4.39. The van der Waals surface area contributed by atoms with Crippen LogP contribution in [0.4, 0.5) is 0 Å². The quantitative estimate of drug-likeness (QED) is 0.769. The zero-order valence-electron chi connectivity index (χ0n) is 10.4. The van der Waals surface area contributed by atoms with E-state index >= 15 is 0 Å². The molecule has 0 amide bonds. The molecule has 0 radical (unpaired) electrons. The van der Waals surface area contributed by atoms with Crippen molar-refractivity contribution in [3.63, 3.8) is 0 Å². The minimum Gasteiger partial charge on any atom is -0.389 e. The molecule has 2 aromatic carbocycles. The van der Waals surface area contributed by atoms with Gasteiger partial charge in [-0.25, -0.2) is 0 Å². The Labute approximate surface area is 127 Å². The predicted molar refractivity (Wildman–Crippen MR) is 83.1 cm³/mol. The maximum atomic E-state index is 9.53. The van der Waals surface area contributed by atoms with Gasteiger partial charge in [-0.05, 0) is 42.3 Å². The molecular formula is C15H14Cl2OS. The van der Waals surface area contributed by atoms with E-state index in [0.717, 1.165) is 21.2 Å². The van der Waals surface area contributed by atoms with Crippen molar-refractivity contribution in [3.8, 4) is 0 Å². The lowest BCUT2D eigenvalue weighted by atomic mass is 10.1. The van der Waals surface area contributed by atoms with Crippen LogP contribution in [0.5, 0.6) is 0 Å². The van der Waals surface area contributed by atoms with E-state index in [1.807, 2.05) is 42.5 Å². The van der Waals surface area contributed by atoms with Crippen molar-refractivity contribution < 1.29 is 5.11 Å². The summed E-state index contributed by atoms with van der Waals surface area (Å²) in [6.07, 6.45) is -0.539. The van der Waals surface area contributed by atoms with Gasteiger partial charge in [0.05, 0.1) is 6.10 Å². The Bertz CT molecular complexity index is 553. The molecule has 0 aliphatic carbocycles. The van der Waals surface area contributed by atoms with Crippen LogP contribution in [0.25, 0.3) is 0 Å². The molecule has 0 fully saturated rings. The Morgan fingerprint density at radius 1 is 1.11 bits per heavy atom. The van der Waals surface area contributed by atoms with Crippen LogP contribution in [0.2, 0.25) is 10.0 Å². The van der Waals surface area contributed by atoms with Gasteiger partial charge in [0, 0.05) is 20.7 Å². The minimum atomic E-state index is -0.539. The van der Waals surface area contributed by atoms with Crippen molar-refractivity contribution in [1.29, 1.82) is 0 Å². The highest BCUT2D eigenvalue weighted by Crippen LogP contribution is 2.30. The number of rotatable bonds is 4. The second-order valence-corrected chi connectivity index (χ2v) is 6.17. The van der Waals surface area contributed by atoms with E-state index in [1.165, 1.54) is 5.56 Å². The third kappa shape index (κ3) is 4.15. The predicted octanol–water partition coefficient (Wildman–Crippen LogP) is 5.34. The minimum absolute atomic E-state index is 0.539. The van der Waals surface area contributed by atoms with Gasteiger partial charge < -0.3 is 5.11 Å². The van der Waals surface area contributed by atoms with Crippen molar-refractivity contribution in [1.82, 2.24) is 0 Å². The zero-order chi connectivity index (χ0) is 13.8. The summed E-state index contributed by atoms with van der Waals surface area (Å²) in [4.78, 5) is 1.09. The second kappa shape index (κ2) is 6.67. The summed E-state index contributed by atoms with van der Waals surface area (Å²) in [5, 5.41) is 10.9. The maximum absolute atomic E-state index is 9.53. The topological polar surface area (TPSA) is 20.2 Å². The zero-order valence-corrected chi connectivity index (χ0v) is 12.8. The first-order chi connectivity index (χ1) is 9.06. The van der Waals surface area contributed by atoms with Crippen molar-refractivity contribution >= 4 is 35.0 Å². The largest absolute Gasteiger partial charge is 0.389 e. The SMILES string of the molecule is CC(O)c1ccc(SCc2ccc(Cl)cc2)cc1Cl. The van der Waals surface area contributed by atoms with E-state index in [1.54, 1.807) is 18.7 Å². The Morgan fingerprint density at radius 3 is 2.37 bits per heavy atom. The normalized spacial score (nSPS) is 12.4. The van der Waals surface area contributed by atoms with Crippen molar-refractivity contribution in [3.05, 3.63) is 63.6 Å². The first kappa shape index (κ1) is 14.7. The molecule has 0 aromatic heterocycles. The van der Waals surface area contributed by atoms with E-state index in [4.69, 9.17) is 23.2 Å². The van der Waals surface area contributed by atoms with Gasteiger partial charge in [0.2, 0.25) is 0 Å². The maximum Gasteiger partial charge on any atom is 0.0776 e. The summed E-state index contributed by atoms with van der Waals surface area (Å²) in [6, 6.07) is 13.6. The van der Waals surface area contributed by atoms with Gasteiger partial charge >= 0.3 is 0 Å². The first-order valence-electron chi connectivity index (χ1n) is 5.91. The highest BCUT2D eigenvalue weighted by Gasteiger charge is 2.07. The third-order valence-electron chi connectivity index (χ3n) is 2.74. The molecule has 19 heavy (non-hydrogen) atoms. The lowest BCUT2D eigenvalue weighted by molar-refractivity contribution is 0.199. The molecule has 0 bridgehead atoms.